The molecule has 1 atom stereocenters. The molecule has 0 aliphatic heterocycles. The van der Waals surface area contributed by atoms with Crippen LogP contribution in [0.5, 0.6) is 0 Å². The number of nitrogens with one attached hydrogen (secondary N) is 2. The van der Waals surface area contributed by atoms with Crippen molar-refractivity contribution in [3.63, 3.8) is 0 Å². The molecule has 35 heavy (non-hydrogen) atoms. The van der Waals surface area contributed by atoms with Gasteiger partial charge in [-0.1, -0.05) is 71.7 Å². The van der Waals surface area contributed by atoms with Gasteiger partial charge in [-0.25, -0.2) is 9.97 Å². The van der Waals surface area contributed by atoms with E-state index in [-0.39, 0.29) is 44.5 Å². The Morgan fingerprint density at radius 1 is 1.11 bits per heavy atom. The minimum Gasteiger partial charge on any atom is -0.365 e. The number of rotatable bonds is 7. The number of pyridine rings is 1. The van der Waals surface area contributed by atoms with Crippen molar-refractivity contribution in [1.29, 1.82) is 0 Å². The number of hydrogen-bond acceptors (Lipinski definition) is 5. The van der Waals surface area contributed by atoms with Gasteiger partial charge in [-0.15, -0.1) is 0 Å². The molecule has 2 heterocycles. The Hall–Kier alpha value is -3.39. The number of H-pyrrole nitrogens is 1. The molecule has 0 radical (unpaired) electrons. The summed E-state index contributed by atoms with van der Waals surface area (Å²) in [6.45, 7) is 5.85. The van der Waals surface area contributed by atoms with E-state index in [9.17, 15) is 9.59 Å². The maximum atomic E-state index is 13.8. The molecule has 0 aliphatic rings. The molecule has 0 unspecified atom stereocenters. The lowest BCUT2D eigenvalue weighted by atomic mass is 10.0. The smallest absolute Gasteiger partial charge is 0.260 e. The first-order valence-electron chi connectivity index (χ1n) is 10.6. The highest BCUT2D eigenvalue weighted by Crippen LogP contribution is 2.30. The molecule has 178 valence electrons. The predicted octanol–water partition coefficient (Wildman–Crippen LogP) is 5.98. The largest absolute Gasteiger partial charge is 0.365 e. The van der Waals surface area contributed by atoms with Crippen molar-refractivity contribution in [2.24, 2.45) is 0 Å². The lowest BCUT2D eigenvalue weighted by molar-refractivity contribution is 0.0986. The summed E-state index contributed by atoms with van der Waals surface area (Å²) in [6.07, 6.45) is 2.72. The molecule has 0 bridgehead atoms. The molecule has 0 saturated heterocycles. The fourth-order valence-corrected chi connectivity index (χ4v) is 4.27. The van der Waals surface area contributed by atoms with Crippen LogP contribution in [-0.4, -0.2) is 33.4 Å². The van der Waals surface area contributed by atoms with E-state index in [2.05, 4.69) is 26.8 Å². The van der Waals surface area contributed by atoms with Gasteiger partial charge in [0.1, 0.15) is 28.2 Å². The minimum absolute atomic E-state index is 0.0247. The molecule has 0 fully saturated rings. The number of aromatic amines is 1. The Kier molecular flexibility index (Phi) is 7.40. The quantitative estimate of drug-likeness (QED) is 0.308. The number of para-hydroxylation sites is 1. The SMILES string of the molecule is C=C(Cl)c1cccc(Cl)c1C(=O)N(C[C@H](C)Nc1ncnc2[nH]cc(Cl)c(=O)c12)c1ccccc1. The first-order chi connectivity index (χ1) is 16.8. The number of nitrogens with zero attached hydrogens (tertiary/aromatic N) is 3. The molecule has 0 saturated carbocycles. The number of carbonyl (C=O) groups excluding carboxylic acids is 1. The summed E-state index contributed by atoms with van der Waals surface area (Å²) in [5.41, 5.74) is 1.31. The molecule has 2 N–H and O–H groups in total. The second kappa shape index (κ2) is 10.5. The standard InChI is InChI=1S/C25H20Cl3N5O2/c1-14(32-24-21-22(34)19(28)11-29-23(21)30-13-31-24)12-33(16-7-4-3-5-8-16)25(35)20-17(15(2)26)9-6-10-18(20)27/h3-11,13-14H,2,12H2,1H3,(H2,29,30,31,32,34)/t14-/m0/s1. The summed E-state index contributed by atoms with van der Waals surface area (Å²) in [5, 5.41) is 3.94. The van der Waals surface area contributed by atoms with Crippen LogP contribution in [0.3, 0.4) is 0 Å². The highest BCUT2D eigenvalue weighted by molar-refractivity contribution is 6.49. The molecule has 7 nitrogen and oxygen atoms in total. The molecule has 2 aromatic carbocycles. The van der Waals surface area contributed by atoms with Gasteiger partial charge in [0.05, 0.1) is 10.6 Å². The highest BCUT2D eigenvalue weighted by Gasteiger charge is 2.26. The van der Waals surface area contributed by atoms with Gasteiger partial charge in [0.2, 0.25) is 5.43 Å². The molecule has 10 heteroatoms. The van der Waals surface area contributed by atoms with Crippen LogP contribution < -0.4 is 15.6 Å². The third-order valence-corrected chi connectivity index (χ3v) is 6.10. The van der Waals surface area contributed by atoms with Crippen molar-refractivity contribution >= 4 is 68.3 Å². The number of carbonyl (C=O) groups is 1. The van der Waals surface area contributed by atoms with Crippen molar-refractivity contribution < 1.29 is 4.79 Å². The van der Waals surface area contributed by atoms with Crippen LogP contribution >= 0.6 is 34.8 Å². The number of fused-ring (bicyclic) bond motifs is 1. The Morgan fingerprint density at radius 3 is 2.57 bits per heavy atom. The lowest BCUT2D eigenvalue weighted by Crippen LogP contribution is -2.40. The highest BCUT2D eigenvalue weighted by atomic mass is 35.5. The van der Waals surface area contributed by atoms with Crippen molar-refractivity contribution in [2.75, 3.05) is 16.8 Å². The fourth-order valence-electron chi connectivity index (χ4n) is 3.71. The van der Waals surface area contributed by atoms with Crippen LogP contribution in [0.15, 0.2) is 72.4 Å². The van der Waals surface area contributed by atoms with Crippen LogP contribution in [-0.2, 0) is 0 Å². The van der Waals surface area contributed by atoms with Crippen molar-refractivity contribution in [1.82, 2.24) is 15.0 Å². The van der Waals surface area contributed by atoms with Gasteiger partial charge in [0.15, 0.2) is 0 Å². The number of anilines is 2. The first kappa shape index (κ1) is 24.7. The van der Waals surface area contributed by atoms with E-state index >= 15 is 0 Å². The van der Waals surface area contributed by atoms with E-state index in [0.29, 0.717) is 22.7 Å². The Morgan fingerprint density at radius 2 is 1.86 bits per heavy atom. The molecule has 4 rings (SSSR count). The van der Waals surface area contributed by atoms with Gasteiger partial charge in [-0.05, 0) is 25.1 Å². The van der Waals surface area contributed by atoms with E-state index in [1.807, 2.05) is 37.3 Å². The third-order valence-electron chi connectivity index (χ3n) is 5.30. The van der Waals surface area contributed by atoms with Crippen molar-refractivity contribution in [3.8, 4) is 0 Å². The second-order valence-electron chi connectivity index (χ2n) is 7.78. The monoisotopic (exact) mass is 527 g/mol. The van der Waals surface area contributed by atoms with Crippen molar-refractivity contribution in [3.05, 3.63) is 99.0 Å². The van der Waals surface area contributed by atoms with Gasteiger partial charge in [-0.3, -0.25) is 9.59 Å². The summed E-state index contributed by atoms with van der Waals surface area (Å²) in [7, 11) is 0. The van der Waals surface area contributed by atoms with Gasteiger partial charge < -0.3 is 15.2 Å². The zero-order valence-corrected chi connectivity index (χ0v) is 20.8. The van der Waals surface area contributed by atoms with E-state index in [1.54, 1.807) is 23.1 Å². The molecule has 4 aromatic rings. The van der Waals surface area contributed by atoms with Gasteiger partial charge in [0.25, 0.3) is 5.91 Å². The summed E-state index contributed by atoms with van der Waals surface area (Å²) in [5.74, 6) is -0.0417. The molecule has 0 spiro atoms. The van der Waals surface area contributed by atoms with E-state index < -0.39 is 5.43 Å². The van der Waals surface area contributed by atoms with E-state index in [4.69, 9.17) is 34.8 Å². The third kappa shape index (κ3) is 5.17. The van der Waals surface area contributed by atoms with Gasteiger partial charge in [0, 0.05) is 35.1 Å². The van der Waals surface area contributed by atoms with E-state index in [0.717, 1.165) is 0 Å². The summed E-state index contributed by atoms with van der Waals surface area (Å²) >= 11 is 18.6. The average Bonchev–Trinajstić information content (AvgIpc) is 2.85. The van der Waals surface area contributed by atoms with Crippen LogP contribution in [0.1, 0.15) is 22.8 Å². The average molecular weight is 529 g/mol. The molecule has 0 aliphatic carbocycles. The van der Waals surface area contributed by atoms with Crippen LogP contribution in [0.25, 0.3) is 16.1 Å². The minimum atomic E-state index is -0.395. The predicted molar refractivity (Wildman–Crippen MR) is 143 cm³/mol. The topological polar surface area (TPSA) is 91.0 Å². The second-order valence-corrected chi connectivity index (χ2v) is 9.05. The van der Waals surface area contributed by atoms with Crippen LogP contribution in [0.2, 0.25) is 10.0 Å². The number of benzene rings is 2. The normalized spacial score (nSPS) is 11.8. The Balaban J connectivity index is 1.71. The number of hydrogen-bond donors (Lipinski definition) is 2. The summed E-state index contributed by atoms with van der Waals surface area (Å²) in [4.78, 5) is 39.2. The fraction of sp³-hybridized carbons (Fsp3) is 0.120. The van der Waals surface area contributed by atoms with Crippen molar-refractivity contribution in [2.45, 2.75) is 13.0 Å². The van der Waals surface area contributed by atoms with Gasteiger partial charge in [-0.2, -0.15) is 0 Å². The van der Waals surface area contributed by atoms with Gasteiger partial charge >= 0.3 is 0 Å². The summed E-state index contributed by atoms with van der Waals surface area (Å²) < 4.78 is 0. The molecular weight excluding hydrogens is 509 g/mol. The zero-order valence-electron chi connectivity index (χ0n) is 18.6. The van der Waals surface area contributed by atoms with Crippen LogP contribution in [0.4, 0.5) is 11.5 Å². The number of amides is 1. The molecule has 1 amide bonds. The maximum absolute atomic E-state index is 13.8. The zero-order chi connectivity index (χ0) is 25.1. The molecule has 2 aromatic heterocycles. The molecular formula is C25H20Cl3N5O2. The lowest BCUT2D eigenvalue weighted by Gasteiger charge is -2.28. The Bertz CT molecular complexity index is 1470. The van der Waals surface area contributed by atoms with Crippen LogP contribution in [0, 0.1) is 0 Å². The number of aromatic nitrogens is 3. The maximum Gasteiger partial charge on any atom is 0.260 e. The first-order valence-corrected chi connectivity index (χ1v) is 11.7. The summed E-state index contributed by atoms with van der Waals surface area (Å²) in [6, 6.07) is 13.9. The Labute approximate surface area is 216 Å². The van der Waals surface area contributed by atoms with E-state index in [1.165, 1.54) is 12.5 Å². The number of halogens is 3.